The van der Waals surface area contributed by atoms with E-state index in [0.29, 0.717) is 19.7 Å². The Morgan fingerprint density at radius 1 is 0.920 bits per heavy atom. The number of amides is 2. The first-order valence-corrected chi connectivity index (χ1v) is 9.12. The van der Waals surface area contributed by atoms with Crippen LogP contribution in [0.15, 0.2) is 48.5 Å². The number of ether oxygens (including phenoxy) is 1. The Morgan fingerprint density at radius 3 is 2.60 bits per heavy atom. The molecule has 0 fully saturated rings. The van der Waals surface area contributed by atoms with Crippen molar-refractivity contribution in [3.8, 4) is 5.75 Å². The van der Waals surface area contributed by atoms with Gasteiger partial charge in [0, 0.05) is 6.54 Å². The lowest BCUT2D eigenvalue weighted by molar-refractivity contribution is 0.236. The van der Waals surface area contributed by atoms with Crippen molar-refractivity contribution in [2.45, 2.75) is 32.1 Å². The highest BCUT2D eigenvalue weighted by atomic mass is 16.5. The molecular formula is C21H26N2O2. The summed E-state index contributed by atoms with van der Waals surface area (Å²) in [5.74, 6) is 0.975. The predicted octanol–water partition coefficient (Wildman–Crippen LogP) is 3.49. The minimum Gasteiger partial charge on any atom is -0.491 e. The van der Waals surface area contributed by atoms with Crippen LogP contribution >= 0.6 is 0 Å². The van der Waals surface area contributed by atoms with Crippen LogP contribution in [0.4, 0.5) is 4.79 Å². The summed E-state index contributed by atoms with van der Waals surface area (Å²) in [6.45, 7) is 1.62. The molecule has 0 heterocycles. The Balaban J connectivity index is 1.34. The van der Waals surface area contributed by atoms with Gasteiger partial charge in [0.15, 0.2) is 0 Å². The zero-order chi connectivity index (χ0) is 17.3. The number of benzene rings is 2. The smallest absolute Gasteiger partial charge is 0.314 e. The molecule has 1 aliphatic rings. The van der Waals surface area contributed by atoms with Crippen LogP contribution in [0.25, 0.3) is 0 Å². The van der Waals surface area contributed by atoms with E-state index in [0.717, 1.165) is 25.0 Å². The van der Waals surface area contributed by atoms with Crippen LogP contribution in [0.2, 0.25) is 0 Å². The second kappa shape index (κ2) is 9.11. The molecule has 0 saturated carbocycles. The summed E-state index contributed by atoms with van der Waals surface area (Å²) >= 11 is 0. The van der Waals surface area contributed by atoms with Crippen molar-refractivity contribution in [2.24, 2.45) is 0 Å². The molecule has 1 aliphatic carbocycles. The van der Waals surface area contributed by atoms with E-state index in [4.69, 9.17) is 4.74 Å². The molecule has 2 amide bonds. The summed E-state index contributed by atoms with van der Waals surface area (Å²) in [5.41, 5.74) is 3.98. The molecule has 0 spiro atoms. The molecule has 2 aromatic carbocycles. The Labute approximate surface area is 149 Å². The predicted molar refractivity (Wildman–Crippen MR) is 100 cm³/mol. The number of nitrogens with one attached hydrogen (secondary N) is 2. The summed E-state index contributed by atoms with van der Waals surface area (Å²) in [5, 5.41) is 5.72. The fraction of sp³-hybridized carbons (Fsp3) is 0.381. The van der Waals surface area contributed by atoms with E-state index in [1.165, 1.54) is 29.5 Å². The quantitative estimate of drug-likeness (QED) is 0.759. The summed E-state index contributed by atoms with van der Waals surface area (Å²) in [6.07, 6.45) is 5.57. The molecule has 4 heteroatoms. The number of carbonyl (C=O) groups excluding carboxylic acids is 1. The first-order chi connectivity index (χ1) is 12.3. The van der Waals surface area contributed by atoms with Gasteiger partial charge in [0.2, 0.25) is 0 Å². The largest absolute Gasteiger partial charge is 0.491 e. The van der Waals surface area contributed by atoms with E-state index in [9.17, 15) is 4.79 Å². The van der Waals surface area contributed by atoms with E-state index in [2.05, 4.69) is 34.9 Å². The van der Waals surface area contributed by atoms with Gasteiger partial charge in [-0.25, -0.2) is 4.79 Å². The number of fused-ring (bicyclic) bond motifs is 1. The number of hydrogen-bond acceptors (Lipinski definition) is 2. The number of hydrogen-bond donors (Lipinski definition) is 2. The molecule has 0 unspecified atom stereocenters. The fourth-order valence-electron chi connectivity index (χ4n) is 3.23. The average molecular weight is 338 g/mol. The Bertz CT molecular complexity index is 686. The van der Waals surface area contributed by atoms with Crippen LogP contribution < -0.4 is 15.4 Å². The molecule has 0 saturated heterocycles. The Kier molecular flexibility index (Phi) is 6.32. The highest BCUT2D eigenvalue weighted by molar-refractivity contribution is 5.73. The zero-order valence-electron chi connectivity index (χ0n) is 14.6. The van der Waals surface area contributed by atoms with Crippen molar-refractivity contribution < 1.29 is 9.53 Å². The number of carbonyl (C=O) groups is 1. The molecule has 132 valence electrons. The van der Waals surface area contributed by atoms with Crippen LogP contribution in [0.3, 0.4) is 0 Å². The minimum absolute atomic E-state index is 0.144. The lowest BCUT2D eigenvalue weighted by Crippen LogP contribution is -2.38. The first kappa shape index (κ1) is 17.3. The standard InChI is InChI=1S/C21H26N2O2/c24-21(22-14-13-17-7-2-1-3-8-17)23-15-16-25-20-12-6-10-18-9-4-5-11-19(18)20/h1-3,6-8,10,12H,4-5,9,11,13-16H2,(H2,22,23,24). The summed E-state index contributed by atoms with van der Waals surface area (Å²) < 4.78 is 5.89. The molecule has 25 heavy (non-hydrogen) atoms. The lowest BCUT2D eigenvalue weighted by Gasteiger charge is -2.19. The normalized spacial score (nSPS) is 13.0. The molecule has 0 atom stereocenters. The SMILES string of the molecule is O=C(NCCOc1cccc2c1CCCC2)NCCc1ccccc1. The van der Waals surface area contributed by atoms with Crippen molar-refractivity contribution in [1.29, 1.82) is 0 Å². The van der Waals surface area contributed by atoms with Crippen LogP contribution in [0.5, 0.6) is 5.75 Å². The monoisotopic (exact) mass is 338 g/mol. The van der Waals surface area contributed by atoms with Gasteiger partial charge in [-0.3, -0.25) is 0 Å². The Hall–Kier alpha value is -2.49. The maximum Gasteiger partial charge on any atom is 0.314 e. The van der Waals surface area contributed by atoms with Crippen molar-refractivity contribution in [3.63, 3.8) is 0 Å². The van der Waals surface area contributed by atoms with Gasteiger partial charge in [-0.15, -0.1) is 0 Å². The van der Waals surface area contributed by atoms with E-state index in [-0.39, 0.29) is 6.03 Å². The third-order valence-electron chi connectivity index (χ3n) is 4.54. The molecule has 2 aromatic rings. The summed E-state index contributed by atoms with van der Waals surface area (Å²) in [4.78, 5) is 11.8. The Morgan fingerprint density at radius 2 is 1.72 bits per heavy atom. The van der Waals surface area contributed by atoms with Crippen LogP contribution in [-0.2, 0) is 19.3 Å². The van der Waals surface area contributed by atoms with Crippen LogP contribution in [-0.4, -0.2) is 25.7 Å². The topological polar surface area (TPSA) is 50.4 Å². The van der Waals surface area contributed by atoms with E-state index >= 15 is 0 Å². The molecule has 0 radical (unpaired) electrons. The van der Waals surface area contributed by atoms with Gasteiger partial charge in [0.25, 0.3) is 0 Å². The van der Waals surface area contributed by atoms with Crippen molar-refractivity contribution in [1.82, 2.24) is 10.6 Å². The molecule has 2 N–H and O–H groups in total. The molecule has 0 aromatic heterocycles. The highest BCUT2D eigenvalue weighted by Crippen LogP contribution is 2.29. The minimum atomic E-state index is -0.144. The van der Waals surface area contributed by atoms with Gasteiger partial charge in [-0.1, -0.05) is 42.5 Å². The van der Waals surface area contributed by atoms with Crippen molar-refractivity contribution in [2.75, 3.05) is 19.7 Å². The van der Waals surface area contributed by atoms with Gasteiger partial charge >= 0.3 is 6.03 Å². The third kappa shape index (κ3) is 5.24. The summed E-state index contributed by atoms with van der Waals surface area (Å²) in [7, 11) is 0. The van der Waals surface area contributed by atoms with Gasteiger partial charge in [-0.2, -0.15) is 0 Å². The van der Waals surface area contributed by atoms with E-state index in [1.807, 2.05) is 24.3 Å². The van der Waals surface area contributed by atoms with Gasteiger partial charge in [-0.05, 0) is 54.9 Å². The molecular weight excluding hydrogens is 312 g/mol. The zero-order valence-corrected chi connectivity index (χ0v) is 14.6. The maximum atomic E-state index is 11.8. The van der Waals surface area contributed by atoms with Gasteiger partial charge in [0.1, 0.15) is 12.4 Å². The lowest BCUT2D eigenvalue weighted by atomic mass is 9.91. The second-order valence-electron chi connectivity index (χ2n) is 6.37. The van der Waals surface area contributed by atoms with Gasteiger partial charge in [0.05, 0.1) is 6.54 Å². The van der Waals surface area contributed by atoms with Crippen molar-refractivity contribution >= 4 is 6.03 Å². The van der Waals surface area contributed by atoms with E-state index in [1.54, 1.807) is 0 Å². The fourth-order valence-corrected chi connectivity index (χ4v) is 3.23. The van der Waals surface area contributed by atoms with E-state index < -0.39 is 0 Å². The number of aryl methyl sites for hydroxylation is 1. The third-order valence-corrected chi connectivity index (χ3v) is 4.54. The molecule has 4 nitrogen and oxygen atoms in total. The van der Waals surface area contributed by atoms with Gasteiger partial charge < -0.3 is 15.4 Å². The average Bonchev–Trinajstić information content (AvgIpc) is 2.66. The molecule has 0 bridgehead atoms. The second-order valence-corrected chi connectivity index (χ2v) is 6.37. The van der Waals surface area contributed by atoms with Crippen molar-refractivity contribution in [3.05, 3.63) is 65.2 Å². The number of rotatable bonds is 7. The van der Waals surface area contributed by atoms with Crippen LogP contribution in [0.1, 0.15) is 29.5 Å². The number of urea groups is 1. The summed E-state index contributed by atoms with van der Waals surface area (Å²) in [6, 6.07) is 16.3. The molecule has 0 aliphatic heterocycles. The van der Waals surface area contributed by atoms with Crippen LogP contribution in [0, 0.1) is 0 Å². The maximum absolute atomic E-state index is 11.8. The first-order valence-electron chi connectivity index (χ1n) is 9.12. The highest BCUT2D eigenvalue weighted by Gasteiger charge is 2.13. The molecule has 3 rings (SSSR count).